The largest absolute Gasteiger partial charge is 0.441 e. The van der Waals surface area contributed by atoms with E-state index in [9.17, 15) is 5.11 Å². The lowest BCUT2D eigenvalue weighted by Gasteiger charge is -2.57. The highest BCUT2D eigenvalue weighted by molar-refractivity contribution is 5.81. The van der Waals surface area contributed by atoms with Crippen molar-refractivity contribution >= 4 is 11.6 Å². The van der Waals surface area contributed by atoms with Crippen molar-refractivity contribution in [1.82, 2.24) is 0 Å². The molecule has 0 saturated heterocycles. The fourth-order valence-corrected chi connectivity index (χ4v) is 7.18. The number of rotatable bonds is 9. The molecule has 4 fully saturated rings. The van der Waals surface area contributed by atoms with Crippen LogP contribution in [-0.4, -0.2) is 25.3 Å². The zero-order valence-electron chi connectivity index (χ0n) is 20.8. The van der Waals surface area contributed by atoms with Gasteiger partial charge in [-0.1, -0.05) is 36.4 Å². The van der Waals surface area contributed by atoms with Crippen LogP contribution in [0.1, 0.15) is 74.6 Å². The van der Waals surface area contributed by atoms with Crippen molar-refractivity contribution in [1.29, 1.82) is 0 Å². The van der Waals surface area contributed by atoms with Gasteiger partial charge in [-0.3, -0.25) is 0 Å². The minimum absolute atomic E-state index is 0.0725. The molecule has 0 spiro atoms. The average molecular weight is 463 g/mol. The molecule has 0 heterocycles. The highest BCUT2D eigenvalue weighted by atomic mass is 16.8. The predicted octanol–water partition coefficient (Wildman–Crippen LogP) is 6.55. The molecule has 1 unspecified atom stereocenters. The van der Waals surface area contributed by atoms with Gasteiger partial charge in [0.2, 0.25) is 0 Å². The van der Waals surface area contributed by atoms with E-state index in [1.165, 1.54) is 55.2 Å². The van der Waals surface area contributed by atoms with Crippen LogP contribution in [-0.2, 0) is 21.5 Å². The second-order valence-electron chi connectivity index (χ2n) is 10.7. The summed E-state index contributed by atoms with van der Waals surface area (Å²) in [5.41, 5.74) is 6.07. The number of hydrogen-bond acceptors (Lipinski definition) is 4. The second kappa shape index (κ2) is 9.85. The Hall–Kier alpha value is -2.14. The molecule has 1 N–H and O–H groups in total. The van der Waals surface area contributed by atoms with E-state index < -0.39 is 6.48 Å². The van der Waals surface area contributed by atoms with Crippen LogP contribution in [0.15, 0.2) is 42.5 Å². The van der Waals surface area contributed by atoms with E-state index in [0.29, 0.717) is 6.61 Å². The molecule has 6 rings (SSSR count). The van der Waals surface area contributed by atoms with E-state index in [0.717, 1.165) is 34.6 Å². The Balaban J connectivity index is 1.51. The molecule has 4 bridgehead atoms. The Morgan fingerprint density at radius 2 is 1.68 bits per heavy atom. The zero-order valence-corrected chi connectivity index (χ0v) is 20.8. The third kappa shape index (κ3) is 4.68. The summed E-state index contributed by atoms with van der Waals surface area (Å²) in [5, 5.41) is 9.33. The van der Waals surface area contributed by atoms with Crippen LogP contribution in [0.2, 0.25) is 0 Å². The van der Waals surface area contributed by atoms with Crippen molar-refractivity contribution < 1.29 is 19.3 Å². The second-order valence-corrected chi connectivity index (χ2v) is 10.7. The number of benzene rings is 2. The van der Waals surface area contributed by atoms with E-state index in [-0.39, 0.29) is 12.0 Å². The topological polar surface area (TPSA) is 47.9 Å². The molecule has 4 heteroatoms. The fraction of sp³-hybridized carbons (Fsp3) is 0.533. The average Bonchev–Trinajstić information content (AvgIpc) is 2.83. The first-order valence-corrected chi connectivity index (χ1v) is 12.9. The summed E-state index contributed by atoms with van der Waals surface area (Å²) in [4.78, 5) is 0. The van der Waals surface area contributed by atoms with Gasteiger partial charge in [0.15, 0.2) is 0 Å². The maximum absolute atomic E-state index is 9.33. The summed E-state index contributed by atoms with van der Waals surface area (Å²) >= 11 is 0. The molecule has 1 atom stereocenters. The Kier molecular flexibility index (Phi) is 6.83. The summed E-state index contributed by atoms with van der Waals surface area (Å²) in [6.07, 6.45) is 10.3. The third-order valence-corrected chi connectivity index (χ3v) is 8.31. The van der Waals surface area contributed by atoms with Crippen molar-refractivity contribution in [2.75, 3.05) is 13.7 Å². The van der Waals surface area contributed by atoms with Gasteiger partial charge in [-0.2, -0.15) is 0 Å². The molecule has 0 aliphatic heterocycles. The lowest BCUT2D eigenvalue weighted by atomic mass is 9.48. The van der Waals surface area contributed by atoms with E-state index in [1.54, 1.807) is 7.11 Å². The molecular formula is C30H38O4. The first kappa shape index (κ1) is 23.6. The quantitative estimate of drug-likeness (QED) is 0.339. The molecule has 4 nitrogen and oxygen atoms in total. The van der Waals surface area contributed by atoms with Crippen LogP contribution in [0, 0.1) is 17.8 Å². The third-order valence-electron chi connectivity index (χ3n) is 8.31. The van der Waals surface area contributed by atoms with Gasteiger partial charge in [0.25, 0.3) is 0 Å². The smallest absolute Gasteiger partial charge is 0.315 e. The molecule has 0 amide bonds. The summed E-state index contributed by atoms with van der Waals surface area (Å²) in [6.45, 7) is 4.06. The first-order valence-electron chi connectivity index (χ1n) is 12.9. The van der Waals surface area contributed by atoms with E-state index in [1.807, 2.05) is 19.1 Å². The number of ether oxygens (including phenoxy) is 3. The Labute approximate surface area is 203 Å². The van der Waals surface area contributed by atoms with Crippen molar-refractivity contribution in [3.05, 3.63) is 64.7 Å². The Morgan fingerprint density at radius 1 is 1.03 bits per heavy atom. The number of methoxy groups -OCH3 is 1. The van der Waals surface area contributed by atoms with E-state index >= 15 is 0 Å². The Morgan fingerprint density at radius 3 is 2.24 bits per heavy atom. The van der Waals surface area contributed by atoms with Crippen LogP contribution in [0.3, 0.4) is 0 Å². The molecule has 4 aliphatic rings. The summed E-state index contributed by atoms with van der Waals surface area (Å²) < 4.78 is 17.5. The highest BCUT2D eigenvalue weighted by Crippen LogP contribution is 2.62. The molecule has 2 aromatic rings. The van der Waals surface area contributed by atoms with Crippen LogP contribution in [0.4, 0.5) is 0 Å². The minimum Gasteiger partial charge on any atom is -0.441 e. The van der Waals surface area contributed by atoms with Crippen molar-refractivity contribution in [3.63, 3.8) is 0 Å². The molecule has 4 saturated carbocycles. The SMILES string of the molecule is CCOC(OC)Oc1ccc(C(C)=Cc2ccc(CO)cc2)cc1C12CC3CC(CC(C3)C1)C2. The normalized spacial score (nSPS) is 28.8. The van der Waals surface area contributed by atoms with Gasteiger partial charge in [-0.15, -0.1) is 0 Å². The molecule has 0 aromatic heterocycles. The monoisotopic (exact) mass is 462 g/mol. The van der Waals surface area contributed by atoms with Crippen LogP contribution >= 0.6 is 0 Å². The van der Waals surface area contributed by atoms with Crippen LogP contribution in [0.25, 0.3) is 11.6 Å². The highest BCUT2D eigenvalue weighted by Gasteiger charge is 2.52. The van der Waals surface area contributed by atoms with Gasteiger partial charge in [0.05, 0.1) is 13.2 Å². The van der Waals surface area contributed by atoms with E-state index in [4.69, 9.17) is 14.2 Å². The first-order chi connectivity index (χ1) is 16.5. The number of allylic oxidation sites excluding steroid dienone is 1. The molecular weight excluding hydrogens is 424 g/mol. The minimum atomic E-state index is -0.690. The van der Waals surface area contributed by atoms with Gasteiger partial charge in [0, 0.05) is 12.7 Å². The lowest BCUT2D eigenvalue weighted by molar-refractivity contribution is -0.231. The van der Waals surface area contributed by atoms with Crippen molar-refractivity contribution in [3.8, 4) is 5.75 Å². The van der Waals surface area contributed by atoms with Gasteiger partial charge in [0.1, 0.15) is 5.75 Å². The summed E-state index contributed by atoms with van der Waals surface area (Å²) in [7, 11) is 1.63. The number of aliphatic hydroxyl groups excluding tert-OH is 1. The summed E-state index contributed by atoms with van der Waals surface area (Å²) in [6, 6.07) is 14.8. The number of aliphatic hydroxyl groups is 1. The molecule has 0 radical (unpaired) electrons. The maximum Gasteiger partial charge on any atom is 0.315 e. The van der Waals surface area contributed by atoms with Gasteiger partial charge in [-0.25, -0.2) is 0 Å². The number of hydrogen-bond donors (Lipinski definition) is 1. The van der Waals surface area contributed by atoms with E-state index in [2.05, 4.69) is 43.3 Å². The van der Waals surface area contributed by atoms with Gasteiger partial charge in [-0.05, 0) is 110 Å². The molecule has 2 aromatic carbocycles. The molecule has 182 valence electrons. The molecule has 4 aliphatic carbocycles. The van der Waals surface area contributed by atoms with Crippen LogP contribution in [0.5, 0.6) is 5.75 Å². The van der Waals surface area contributed by atoms with Crippen molar-refractivity contribution in [2.45, 2.75) is 70.9 Å². The fourth-order valence-electron chi connectivity index (χ4n) is 7.18. The van der Waals surface area contributed by atoms with Gasteiger partial charge < -0.3 is 19.3 Å². The summed E-state index contributed by atoms with van der Waals surface area (Å²) in [5.74, 6) is 3.48. The van der Waals surface area contributed by atoms with Gasteiger partial charge >= 0.3 is 6.48 Å². The maximum atomic E-state index is 9.33. The zero-order chi connectivity index (χ0) is 23.7. The van der Waals surface area contributed by atoms with Crippen LogP contribution < -0.4 is 4.74 Å². The van der Waals surface area contributed by atoms with Crippen molar-refractivity contribution in [2.24, 2.45) is 17.8 Å². The molecule has 34 heavy (non-hydrogen) atoms. The Bertz CT molecular complexity index is 987. The predicted molar refractivity (Wildman–Crippen MR) is 135 cm³/mol. The lowest BCUT2D eigenvalue weighted by Crippen LogP contribution is -2.48. The standard InChI is InChI=1S/C30H38O4/c1-4-33-29(32-3)34-28-10-9-26(20(2)11-21-5-7-22(19-31)8-6-21)15-27(28)30-16-23-12-24(17-30)14-25(13-23)18-30/h5-11,15,23-25,29,31H,4,12-14,16-19H2,1-3H3.